The summed E-state index contributed by atoms with van der Waals surface area (Å²) in [5.74, 6) is -2.90. The number of hydrogen-bond donors (Lipinski definition) is 9. The highest BCUT2D eigenvalue weighted by Gasteiger charge is 2.28. The molecule has 0 spiro atoms. The number of azo groups is 2. The van der Waals surface area contributed by atoms with E-state index < -0.39 is 108 Å². The van der Waals surface area contributed by atoms with Crippen molar-refractivity contribution in [3.63, 3.8) is 0 Å². The topological polar surface area (TPSA) is 472 Å². The summed E-state index contributed by atoms with van der Waals surface area (Å²) in [6.07, 6.45) is 0. The highest BCUT2D eigenvalue weighted by atomic mass is 35.5. The van der Waals surface area contributed by atoms with Crippen molar-refractivity contribution in [2.45, 2.75) is 31.4 Å². The number of amides is 1. The van der Waals surface area contributed by atoms with Gasteiger partial charge in [0.05, 0.1) is 37.3 Å². The Balaban J connectivity index is 1.33. The summed E-state index contributed by atoms with van der Waals surface area (Å²) in [4.78, 5) is 24.4. The summed E-state index contributed by atoms with van der Waals surface area (Å²) in [6.45, 7) is 1.34. The fourth-order valence-corrected chi connectivity index (χ4v) is 12.8. The first-order chi connectivity index (χ1) is 39.2. The molecule has 6 aromatic carbocycles. The van der Waals surface area contributed by atoms with Crippen molar-refractivity contribution in [3.05, 3.63) is 147 Å². The lowest BCUT2D eigenvalue weighted by atomic mass is 10.0. The molecule has 9 N–H and O–H groups in total. The number of hydrogen-bond acceptors (Lipinski definition) is 22. The van der Waals surface area contributed by atoms with Crippen molar-refractivity contribution in [2.24, 2.45) is 20.5 Å². The normalized spacial score (nSPS) is 12.3. The van der Waals surface area contributed by atoms with Crippen LogP contribution in [0.5, 0.6) is 0 Å². The van der Waals surface area contributed by atoms with Crippen LogP contribution in [0.3, 0.4) is 0 Å². The van der Waals surface area contributed by atoms with Gasteiger partial charge in [0.1, 0.15) is 48.0 Å². The molecule has 8 rings (SSSR count). The third kappa shape index (κ3) is 13.2. The van der Waals surface area contributed by atoms with Gasteiger partial charge in [-0.2, -0.15) is 52.6 Å². The Kier molecular flexibility index (Phi) is 16.9. The molecule has 0 saturated heterocycles. The van der Waals surface area contributed by atoms with Crippen LogP contribution in [0.15, 0.2) is 154 Å². The number of nitrogens with one attached hydrogen (secondary N) is 3. The van der Waals surface area contributed by atoms with Gasteiger partial charge in [0.2, 0.25) is 0 Å². The second kappa shape index (κ2) is 23.1. The highest BCUT2D eigenvalue weighted by Crippen LogP contribution is 2.49. The van der Waals surface area contributed by atoms with Gasteiger partial charge in [0, 0.05) is 39.0 Å². The molecule has 1 amide bonds. The van der Waals surface area contributed by atoms with E-state index in [2.05, 4.69) is 41.4 Å². The molecule has 2 heterocycles. The number of aromatic carboxylic acids is 1. The molecule has 0 aliphatic heterocycles. The Morgan fingerprint density at radius 1 is 0.560 bits per heavy atom. The lowest BCUT2D eigenvalue weighted by Gasteiger charge is -2.16. The number of fused-ring (bicyclic) bond motifs is 1. The number of carbonyl (C=O) groups excluding carboxylic acids is 1. The molecule has 28 nitrogen and oxygen atoms in total. The Labute approximate surface area is 487 Å². The van der Waals surface area contributed by atoms with Crippen molar-refractivity contribution in [1.29, 1.82) is 10.5 Å². The molecule has 8 aromatic rings. The zero-order valence-electron chi connectivity index (χ0n) is 41.3. The minimum absolute atomic E-state index is 0.0630. The van der Waals surface area contributed by atoms with Gasteiger partial charge in [-0.15, -0.1) is 20.5 Å². The number of benzene rings is 6. The second-order valence-electron chi connectivity index (χ2n) is 17.0. The van der Waals surface area contributed by atoms with E-state index >= 15 is 0 Å². The van der Waals surface area contributed by atoms with E-state index in [-0.39, 0.29) is 88.4 Å². The predicted octanol–water partition coefficient (Wildman–Crippen LogP) is 10.8. The Bertz CT molecular complexity index is 4920. The molecule has 0 aliphatic carbocycles. The molecule has 0 aliphatic rings. The van der Waals surface area contributed by atoms with Crippen LogP contribution in [-0.2, 0) is 50.6 Å². The van der Waals surface area contributed by atoms with Crippen molar-refractivity contribution in [1.82, 2.24) is 4.98 Å². The first-order valence-electron chi connectivity index (χ1n) is 22.4. The van der Waals surface area contributed by atoms with E-state index in [9.17, 15) is 90.1 Å². The van der Waals surface area contributed by atoms with E-state index in [0.29, 0.717) is 29.5 Å². The molecule has 2 aromatic heterocycles. The quantitative estimate of drug-likeness (QED) is 0.0302. The summed E-state index contributed by atoms with van der Waals surface area (Å²) >= 11 is 12.6. The summed E-state index contributed by atoms with van der Waals surface area (Å²) in [5.41, 5.74) is -2.31. The Morgan fingerprint density at radius 3 is 1.58 bits per heavy atom. The molecule has 430 valence electrons. The minimum Gasteiger partial charge on any atom is -0.478 e. The number of nitriles is 2. The standard InChI is InChI=1S/C48H30Cl2N10O18S6/c1-22-33(20-51)43(53-25-10-12-35(49)39(15-25)83(73,74)75)56-44(54-26-11-13-36(50)40(16-26)84(76,77)78)42(22)58-59-46-34(21-52)41(23-6-8-24(9-7-23)55-45(61)29-4-2-3-5-30(29)48(62)63)47(79-46)60-57-27-14-31-32(37(17-27)81(67,68)69)18-28(80(64,65)66)19-38(31)82(70,71)72/h2-19H,1H3,(H,55,61)(H,62,63)(H2,53,54,56)(H,64,65,66)(H,67,68,69)(H,70,71,72)(H,73,74,75)(H,76,77,78). The third-order valence-electron chi connectivity index (χ3n) is 11.6. The van der Waals surface area contributed by atoms with Gasteiger partial charge in [0.25, 0.3) is 56.5 Å². The molecular formula is C48H30Cl2N10O18S6. The number of nitrogens with zero attached hydrogens (tertiary/aromatic N) is 7. The van der Waals surface area contributed by atoms with E-state index in [0.717, 1.165) is 30.3 Å². The molecule has 0 radical (unpaired) electrons. The van der Waals surface area contributed by atoms with Crippen LogP contribution in [0.25, 0.3) is 21.9 Å². The zero-order chi connectivity index (χ0) is 61.6. The fraction of sp³-hybridized carbons (Fsp3) is 0.0208. The average Bonchev–Trinajstić information content (AvgIpc) is 1.19. The van der Waals surface area contributed by atoms with Gasteiger partial charge < -0.3 is 21.1 Å². The van der Waals surface area contributed by atoms with Crippen LogP contribution in [0.2, 0.25) is 10.0 Å². The van der Waals surface area contributed by atoms with Crippen LogP contribution < -0.4 is 16.0 Å². The molecular weight excluding hydrogens is 1270 g/mol. The lowest BCUT2D eigenvalue weighted by Crippen LogP contribution is -2.16. The van der Waals surface area contributed by atoms with Crippen molar-refractivity contribution >= 4 is 158 Å². The molecule has 84 heavy (non-hydrogen) atoms. The third-order valence-corrected chi connectivity index (χ3v) is 17.8. The van der Waals surface area contributed by atoms with Crippen LogP contribution in [0, 0.1) is 29.6 Å². The van der Waals surface area contributed by atoms with Gasteiger partial charge in [0.15, 0.2) is 16.6 Å². The van der Waals surface area contributed by atoms with Gasteiger partial charge in [-0.05, 0) is 97.4 Å². The molecule has 0 bridgehead atoms. The number of carboxylic acids is 1. The molecule has 0 fully saturated rings. The van der Waals surface area contributed by atoms with Gasteiger partial charge in [-0.1, -0.05) is 58.8 Å². The maximum absolute atomic E-state index is 13.3. The number of halogens is 2. The molecule has 0 atom stereocenters. The summed E-state index contributed by atoms with van der Waals surface area (Å²) < 4.78 is 174. The number of pyridine rings is 1. The van der Waals surface area contributed by atoms with Crippen LogP contribution in [0.4, 0.5) is 50.1 Å². The largest absolute Gasteiger partial charge is 0.478 e. The van der Waals surface area contributed by atoms with Crippen LogP contribution in [0.1, 0.15) is 37.4 Å². The van der Waals surface area contributed by atoms with Crippen LogP contribution >= 0.6 is 34.5 Å². The molecule has 0 saturated carbocycles. The van der Waals surface area contributed by atoms with E-state index in [1.165, 1.54) is 67.6 Å². The Hall–Kier alpha value is -8.72. The lowest BCUT2D eigenvalue weighted by molar-refractivity contribution is 0.0692. The van der Waals surface area contributed by atoms with Gasteiger partial charge in [-0.25, -0.2) is 9.78 Å². The second-order valence-corrected chi connectivity index (χ2v) is 25.8. The smallest absolute Gasteiger partial charge is 0.336 e. The zero-order valence-corrected chi connectivity index (χ0v) is 47.7. The summed E-state index contributed by atoms with van der Waals surface area (Å²) in [6, 6.07) is 23.3. The maximum Gasteiger partial charge on any atom is 0.336 e. The highest BCUT2D eigenvalue weighted by molar-refractivity contribution is 7.87. The van der Waals surface area contributed by atoms with Crippen molar-refractivity contribution in [2.75, 3.05) is 16.0 Å². The van der Waals surface area contributed by atoms with E-state index in [4.69, 9.17) is 23.2 Å². The monoisotopic (exact) mass is 1300 g/mol. The summed E-state index contributed by atoms with van der Waals surface area (Å²) in [7, 11) is -26.1. The number of thiophene rings is 1. The van der Waals surface area contributed by atoms with Gasteiger partial charge in [-0.3, -0.25) is 27.6 Å². The molecule has 36 heteroatoms. The van der Waals surface area contributed by atoms with Crippen molar-refractivity contribution in [3.8, 4) is 23.3 Å². The fourth-order valence-electron chi connectivity index (χ4n) is 7.86. The number of carboxylic acid groups (broad SMARTS) is 1. The average molecular weight is 1300 g/mol. The maximum atomic E-state index is 13.3. The van der Waals surface area contributed by atoms with E-state index in [1.807, 2.05) is 12.1 Å². The van der Waals surface area contributed by atoms with E-state index in [1.54, 1.807) is 0 Å². The first kappa shape index (κ1) is 61.4. The first-order valence-corrected chi connectivity index (χ1v) is 31.2. The number of carbonyl (C=O) groups is 2. The number of anilines is 5. The van der Waals surface area contributed by atoms with Gasteiger partial charge >= 0.3 is 5.97 Å². The molecule has 0 unspecified atom stereocenters. The number of aromatic nitrogens is 1. The summed E-state index contributed by atoms with van der Waals surface area (Å²) in [5, 5.41) is 53.0. The SMILES string of the molecule is Cc1c(C#N)c(Nc2ccc(Cl)c(S(=O)(=O)O)c2)nc(Nc2ccc(Cl)c(S(=O)(=O)O)c2)c1N=Nc1sc(N=Nc2cc(S(=O)(=O)O)c3cc(S(=O)(=O)O)cc(S(=O)(=O)O)c3c2)c(-c2ccc(NC(=O)c3ccccc3C(=O)O)cc2)c1C#N. The predicted molar refractivity (Wildman–Crippen MR) is 300 cm³/mol. The number of rotatable bonds is 17. The minimum atomic E-state index is -5.47. The Morgan fingerprint density at radius 2 is 1.06 bits per heavy atom. The van der Waals surface area contributed by atoms with Crippen LogP contribution in [-0.4, -0.2) is 86.8 Å². The van der Waals surface area contributed by atoms with Crippen molar-refractivity contribution < 1.29 is 79.5 Å².